The summed E-state index contributed by atoms with van der Waals surface area (Å²) in [5.41, 5.74) is 0. The molecule has 1 aliphatic rings. The number of rotatable bonds is 5. The lowest BCUT2D eigenvalue weighted by Crippen LogP contribution is -2.46. The van der Waals surface area contributed by atoms with Gasteiger partial charge in [0.1, 0.15) is 6.10 Å². The lowest BCUT2D eigenvalue weighted by atomic mass is 10.1. The largest absolute Gasteiger partial charge is 0.490 e. The predicted molar refractivity (Wildman–Crippen MR) is 81.9 cm³/mol. The molecule has 116 valence electrons. The molecule has 0 atom stereocenters. The summed E-state index contributed by atoms with van der Waals surface area (Å²) in [5.74, 6) is 1.57. The Morgan fingerprint density at radius 3 is 2.52 bits per heavy atom. The Kier molecular flexibility index (Phi) is 5.72. The van der Waals surface area contributed by atoms with Crippen LogP contribution < -0.4 is 14.8 Å². The van der Waals surface area contributed by atoms with Gasteiger partial charge in [0.15, 0.2) is 11.5 Å². The van der Waals surface area contributed by atoms with E-state index in [1.807, 2.05) is 43.0 Å². The first kappa shape index (κ1) is 15.5. The smallest absolute Gasteiger partial charge is 0.317 e. The molecule has 5 nitrogen and oxygen atoms in total. The molecule has 1 aromatic carbocycles. The second kappa shape index (κ2) is 7.76. The van der Waals surface area contributed by atoms with E-state index >= 15 is 0 Å². The average molecular weight is 292 g/mol. The van der Waals surface area contributed by atoms with Gasteiger partial charge in [-0.15, -0.1) is 0 Å². The van der Waals surface area contributed by atoms with Crippen molar-refractivity contribution in [3.63, 3.8) is 0 Å². The zero-order valence-electron chi connectivity index (χ0n) is 12.8. The van der Waals surface area contributed by atoms with Gasteiger partial charge < -0.3 is 19.7 Å². The highest BCUT2D eigenvalue weighted by Gasteiger charge is 2.24. The lowest BCUT2D eigenvalue weighted by molar-refractivity contribution is 0.108. The molecule has 0 spiro atoms. The topological polar surface area (TPSA) is 50.8 Å². The van der Waals surface area contributed by atoms with E-state index in [4.69, 9.17) is 9.47 Å². The van der Waals surface area contributed by atoms with Crippen molar-refractivity contribution in [1.82, 2.24) is 10.2 Å². The van der Waals surface area contributed by atoms with Crippen molar-refractivity contribution >= 4 is 6.03 Å². The van der Waals surface area contributed by atoms with Crippen LogP contribution >= 0.6 is 0 Å². The van der Waals surface area contributed by atoms with E-state index in [-0.39, 0.29) is 12.1 Å². The summed E-state index contributed by atoms with van der Waals surface area (Å²) in [6.45, 7) is 6.63. The van der Waals surface area contributed by atoms with Crippen LogP contribution in [-0.2, 0) is 0 Å². The molecule has 1 saturated heterocycles. The third-order valence-corrected chi connectivity index (χ3v) is 3.50. The Hall–Kier alpha value is -1.91. The zero-order valence-corrected chi connectivity index (χ0v) is 12.8. The van der Waals surface area contributed by atoms with Crippen molar-refractivity contribution in [3.8, 4) is 11.5 Å². The van der Waals surface area contributed by atoms with E-state index in [1.165, 1.54) is 0 Å². The summed E-state index contributed by atoms with van der Waals surface area (Å²) in [6, 6.07) is 7.76. The van der Waals surface area contributed by atoms with Gasteiger partial charge in [0, 0.05) is 32.5 Å². The minimum absolute atomic E-state index is 0.0191. The molecule has 2 rings (SSSR count). The number of nitrogens with zero attached hydrogens (tertiary/aromatic N) is 1. The van der Waals surface area contributed by atoms with Crippen LogP contribution in [0.4, 0.5) is 4.79 Å². The third kappa shape index (κ3) is 4.28. The van der Waals surface area contributed by atoms with Gasteiger partial charge in [0.05, 0.1) is 6.61 Å². The first-order chi connectivity index (χ1) is 10.2. The molecule has 1 aliphatic heterocycles. The fourth-order valence-corrected chi connectivity index (χ4v) is 2.44. The molecule has 0 saturated carbocycles. The number of amides is 2. The Bertz CT molecular complexity index is 457. The number of hydrogen-bond donors (Lipinski definition) is 1. The van der Waals surface area contributed by atoms with E-state index < -0.39 is 0 Å². The van der Waals surface area contributed by atoms with Crippen molar-refractivity contribution in [2.75, 3.05) is 26.2 Å². The molecule has 0 aliphatic carbocycles. The number of carbonyl (C=O) groups excluding carboxylic acids is 1. The van der Waals surface area contributed by atoms with Crippen LogP contribution in [0.3, 0.4) is 0 Å². The maximum absolute atomic E-state index is 11.8. The molecule has 0 radical (unpaired) electrons. The molecule has 21 heavy (non-hydrogen) atoms. The zero-order chi connectivity index (χ0) is 15.1. The van der Waals surface area contributed by atoms with Crippen molar-refractivity contribution in [2.24, 2.45) is 0 Å². The number of para-hydroxylation sites is 2. The van der Waals surface area contributed by atoms with Crippen molar-refractivity contribution in [1.29, 1.82) is 0 Å². The van der Waals surface area contributed by atoms with Gasteiger partial charge >= 0.3 is 6.03 Å². The minimum Gasteiger partial charge on any atom is -0.490 e. The molecule has 1 N–H and O–H groups in total. The van der Waals surface area contributed by atoms with Crippen LogP contribution in [0.1, 0.15) is 26.7 Å². The first-order valence-corrected chi connectivity index (χ1v) is 7.65. The van der Waals surface area contributed by atoms with Gasteiger partial charge in [-0.3, -0.25) is 0 Å². The van der Waals surface area contributed by atoms with Crippen LogP contribution in [0.25, 0.3) is 0 Å². The number of nitrogens with one attached hydrogen (secondary N) is 1. The van der Waals surface area contributed by atoms with Gasteiger partial charge in [-0.05, 0) is 26.0 Å². The Balaban J connectivity index is 1.87. The number of hydrogen-bond acceptors (Lipinski definition) is 3. The van der Waals surface area contributed by atoms with Crippen LogP contribution in [-0.4, -0.2) is 43.3 Å². The van der Waals surface area contributed by atoms with Gasteiger partial charge in [0.2, 0.25) is 0 Å². The highest BCUT2D eigenvalue weighted by molar-refractivity contribution is 5.74. The molecule has 1 fully saturated rings. The van der Waals surface area contributed by atoms with Crippen molar-refractivity contribution in [2.45, 2.75) is 32.8 Å². The Labute approximate surface area is 126 Å². The minimum atomic E-state index is 0.0191. The second-order valence-electron chi connectivity index (χ2n) is 5.02. The summed E-state index contributed by atoms with van der Waals surface area (Å²) in [6.07, 6.45) is 1.83. The average Bonchev–Trinajstić information content (AvgIpc) is 2.50. The van der Waals surface area contributed by atoms with Gasteiger partial charge in [0.25, 0.3) is 0 Å². The van der Waals surface area contributed by atoms with Crippen LogP contribution in [0.2, 0.25) is 0 Å². The monoisotopic (exact) mass is 292 g/mol. The summed E-state index contributed by atoms with van der Waals surface area (Å²) >= 11 is 0. The highest BCUT2D eigenvalue weighted by atomic mass is 16.5. The highest BCUT2D eigenvalue weighted by Crippen LogP contribution is 2.29. The van der Waals surface area contributed by atoms with Crippen molar-refractivity contribution < 1.29 is 14.3 Å². The number of carbonyl (C=O) groups is 1. The maximum Gasteiger partial charge on any atom is 0.317 e. The quantitative estimate of drug-likeness (QED) is 0.907. The molecular formula is C16H24N2O3. The van der Waals surface area contributed by atoms with Crippen LogP contribution in [0, 0.1) is 0 Å². The van der Waals surface area contributed by atoms with E-state index in [0.29, 0.717) is 13.2 Å². The summed E-state index contributed by atoms with van der Waals surface area (Å²) in [7, 11) is 0. The van der Waals surface area contributed by atoms with E-state index in [0.717, 1.165) is 37.4 Å². The second-order valence-corrected chi connectivity index (χ2v) is 5.02. The molecule has 0 unspecified atom stereocenters. The number of likely N-dealkylation sites (tertiary alicyclic amines) is 1. The molecule has 2 amide bonds. The maximum atomic E-state index is 11.8. The van der Waals surface area contributed by atoms with E-state index in [1.54, 1.807) is 0 Å². The summed E-state index contributed by atoms with van der Waals surface area (Å²) in [4.78, 5) is 13.6. The number of urea groups is 1. The van der Waals surface area contributed by atoms with Gasteiger partial charge in [-0.25, -0.2) is 4.79 Å². The van der Waals surface area contributed by atoms with Crippen LogP contribution in [0.15, 0.2) is 24.3 Å². The summed E-state index contributed by atoms with van der Waals surface area (Å²) in [5, 5.41) is 2.83. The summed E-state index contributed by atoms with van der Waals surface area (Å²) < 4.78 is 11.6. The fraction of sp³-hybridized carbons (Fsp3) is 0.562. The SMILES string of the molecule is CCNC(=O)N1CCC(Oc2ccccc2OCC)CC1. The first-order valence-electron chi connectivity index (χ1n) is 7.65. The normalized spacial score (nSPS) is 15.6. The Morgan fingerprint density at radius 1 is 1.24 bits per heavy atom. The molecule has 0 bridgehead atoms. The molecule has 1 heterocycles. The number of ether oxygens (including phenoxy) is 2. The van der Waals surface area contributed by atoms with Crippen molar-refractivity contribution in [3.05, 3.63) is 24.3 Å². The molecule has 1 aromatic rings. The van der Waals surface area contributed by atoms with E-state index in [2.05, 4.69) is 5.32 Å². The number of benzene rings is 1. The molecule has 5 heteroatoms. The number of piperidine rings is 1. The van der Waals surface area contributed by atoms with Gasteiger partial charge in [-0.2, -0.15) is 0 Å². The predicted octanol–water partition coefficient (Wildman–Crippen LogP) is 2.66. The van der Waals surface area contributed by atoms with Gasteiger partial charge in [-0.1, -0.05) is 12.1 Å². The van der Waals surface area contributed by atoms with E-state index in [9.17, 15) is 4.79 Å². The standard InChI is InChI=1S/C16H24N2O3/c1-3-17-16(19)18-11-9-13(10-12-18)21-15-8-6-5-7-14(15)20-4-2/h5-8,13H,3-4,9-12H2,1-2H3,(H,17,19). The Morgan fingerprint density at radius 2 is 1.90 bits per heavy atom. The molecular weight excluding hydrogens is 268 g/mol. The fourth-order valence-electron chi connectivity index (χ4n) is 2.44. The van der Waals surface area contributed by atoms with Crippen LogP contribution in [0.5, 0.6) is 11.5 Å². The molecule has 0 aromatic heterocycles. The third-order valence-electron chi connectivity index (χ3n) is 3.50. The lowest BCUT2D eigenvalue weighted by Gasteiger charge is -2.32.